The quantitative estimate of drug-likeness (QED) is 0.770. The maximum atomic E-state index is 11.8. The number of aliphatic carboxylic acids is 1. The highest BCUT2D eigenvalue weighted by molar-refractivity contribution is 5.73. The van der Waals surface area contributed by atoms with Gasteiger partial charge in [0, 0.05) is 6.54 Å². The normalized spacial score (nSPS) is 11.4. The summed E-state index contributed by atoms with van der Waals surface area (Å²) < 4.78 is 10.2. The third-order valence-corrected chi connectivity index (χ3v) is 3.67. The molecule has 0 aliphatic carbocycles. The predicted molar refractivity (Wildman–Crippen MR) is 92.5 cm³/mol. The van der Waals surface area contributed by atoms with Gasteiger partial charge in [-0.25, -0.2) is 4.79 Å². The Labute approximate surface area is 146 Å². The lowest BCUT2D eigenvalue weighted by atomic mass is 9.99. The molecular weight excluding hydrogens is 322 g/mol. The first-order valence-electron chi connectivity index (χ1n) is 7.88. The lowest BCUT2D eigenvalue weighted by Crippen LogP contribution is -2.34. The van der Waals surface area contributed by atoms with Crippen molar-refractivity contribution in [2.75, 3.05) is 13.7 Å². The number of carbonyl (C=O) groups is 2. The summed E-state index contributed by atoms with van der Waals surface area (Å²) in [6, 6.07) is 16.5. The summed E-state index contributed by atoms with van der Waals surface area (Å²) >= 11 is 0. The average molecular weight is 343 g/mol. The minimum atomic E-state index is -0.980. The second-order valence-electron chi connectivity index (χ2n) is 5.53. The third-order valence-electron chi connectivity index (χ3n) is 3.67. The van der Waals surface area contributed by atoms with Crippen molar-refractivity contribution in [3.8, 4) is 5.75 Å². The lowest BCUT2D eigenvalue weighted by Gasteiger charge is -2.14. The molecule has 1 atom stereocenters. The molecule has 0 aliphatic rings. The number of hydrogen-bond donors (Lipinski definition) is 2. The van der Waals surface area contributed by atoms with Crippen LogP contribution in [0.15, 0.2) is 54.6 Å². The van der Waals surface area contributed by atoms with Gasteiger partial charge in [0.2, 0.25) is 0 Å². The molecule has 0 aromatic heterocycles. The number of carboxylic acids is 1. The van der Waals surface area contributed by atoms with Gasteiger partial charge in [0.15, 0.2) is 0 Å². The Bertz CT molecular complexity index is 702. The highest BCUT2D eigenvalue weighted by atomic mass is 16.5. The van der Waals surface area contributed by atoms with Gasteiger partial charge in [-0.2, -0.15) is 0 Å². The molecule has 0 radical (unpaired) electrons. The first-order chi connectivity index (χ1) is 12.1. The number of alkyl carbamates (subject to hydrolysis) is 1. The van der Waals surface area contributed by atoms with Crippen molar-refractivity contribution >= 4 is 12.1 Å². The molecular formula is C19H21NO5. The Morgan fingerprint density at radius 2 is 1.80 bits per heavy atom. The molecule has 1 unspecified atom stereocenters. The van der Waals surface area contributed by atoms with E-state index >= 15 is 0 Å². The van der Waals surface area contributed by atoms with Crippen molar-refractivity contribution in [3.63, 3.8) is 0 Å². The number of methoxy groups -OCH3 is 1. The fourth-order valence-electron chi connectivity index (χ4n) is 2.31. The van der Waals surface area contributed by atoms with Crippen LogP contribution < -0.4 is 10.1 Å². The molecule has 0 aliphatic heterocycles. The molecule has 6 heteroatoms. The minimum absolute atomic E-state index is 0.0137. The first kappa shape index (κ1) is 18.3. The predicted octanol–water partition coefficient (Wildman–Crippen LogP) is 2.86. The maximum Gasteiger partial charge on any atom is 0.407 e. The summed E-state index contributed by atoms with van der Waals surface area (Å²) in [4.78, 5) is 23.2. The summed E-state index contributed by atoms with van der Waals surface area (Å²) in [6.07, 6.45) is -0.355. The third kappa shape index (κ3) is 6.18. The zero-order valence-electron chi connectivity index (χ0n) is 14.0. The van der Waals surface area contributed by atoms with Crippen LogP contribution in [0.25, 0.3) is 0 Å². The molecule has 0 spiro atoms. The lowest BCUT2D eigenvalue weighted by molar-refractivity contribution is -0.141. The second-order valence-corrected chi connectivity index (χ2v) is 5.53. The van der Waals surface area contributed by atoms with E-state index in [1.807, 2.05) is 36.4 Å². The summed E-state index contributed by atoms with van der Waals surface area (Å²) in [5.41, 5.74) is 1.69. The van der Waals surface area contributed by atoms with E-state index in [4.69, 9.17) is 9.47 Å². The number of amides is 1. The Hall–Kier alpha value is -3.02. The van der Waals surface area contributed by atoms with Gasteiger partial charge in [0.05, 0.1) is 13.0 Å². The molecule has 1 amide bonds. The first-order valence-corrected chi connectivity index (χ1v) is 7.88. The van der Waals surface area contributed by atoms with Crippen LogP contribution in [-0.4, -0.2) is 30.8 Å². The Morgan fingerprint density at radius 1 is 1.08 bits per heavy atom. The van der Waals surface area contributed by atoms with Gasteiger partial charge in [0.25, 0.3) is 0 Å². The van der Waals surface area contributed by atoms with Crippen LogP contribution in [0.4, 0.5) is 4.79 Å². The summed E-state index contributed by atoms with van der Waals surface area (Å²) in [5.74, 6) is -1.07. The van der Waals surface area contributed by atoms with Crippen LogP contribution in [0.5, 0.6) is 5.75 Å². The van der Waals surface area contributed by atoms with E-state index in [0.29, 0.717) is 5.75 Å². The Kier molecular flexibility index (Phi) is 6.83. The van der Waals surface area contributed by atoms with Gasteiger partial charge in [-0.1, -0.05) is 42.5 Å². The number of rotatable bonds is 8. The van der Waals surface area contributed by atoms with Crippen LogP contribution >= 0.6 is 0 Å². The summed E-state index contributed by atoms with van der Waals surface area (Å²) in [5, 5.41) is 11.9. The van der Waals surface area contributed by atoms with E-state index in [1.54, 1.807) is 25.3 Å². The molecule has 0 saturated carbocycles. The number of nitrogens with one attached hydrogen (secondary N) is 1. The number of carbonyl (C=O) groups excluding carboxylic acids is 1. The van der Waals surface area contributed by atoms with Crippen molar-refractivity contribution in [1.29, 1.82) is 0 Å². The van der Waals surface area contributed by atoms with Crippen LogP contribution in [0.3, 0.4) is 0 Å². The molecule has 2 N–H and O–H groups in total. The molecule has 2 rings (SSSR count). The van der Waals surface area contributed by atoms with Gasteiger partial charge < -0.3 is 19.9 Å². The number of ether oxygens (including phenoxy) is 2. The fraction of sp³-hybridized carbons (Fsp3) is 0.263. The second kappa shape index (κ2) is 9.32. The molecule has 132 valence electrons. The highest BCUT2D eigenvalue weighted by Gasteiger charge is 2.19. The average Bonchev–Trinajstić information content (AvgIpc) is 2.64. The molecule has 25 heavy (non-hydrogen) atoms. The van der Waals surface area contributed by atoms with Gasteiger partial charge in [0.1, 0.15) is 12.4 Å². The van der Waals surface area contributed by atoms with Gasteiger partial charge in [-0.15, -0.1) is 0 Å². The van der Waals surface area contributed by atoms with Gasteiger partial charge >= 0.3 is 12.1 Å². The van der Waals surface area contributed by atoms with Crippen molar-refractivity contribution in [3.05, 3.63) is 65.7 Å². The number of benzene rings is 2. The van der Waals surface area contributed by atoms with Gasteiger partial charge in [-0.05, 0) is 29.7 Å². The van der Waals surface area contributed by atoms with E-state index in [9.17, 15) is 14.7 Å². The Morgan fingerprint density at radius 3 is 2.48 bits per heavy atom. The monoisotopic (exact) mass is 343 g/mol. The molecule has 2 aromatic carbocycles. The van der Waals surface area contributed by atoms with Crippen LogP contribution in [0.2, 0.25) is 0 Å². The largest absolute Gasteiger partial charge is 0.497 e. The fourth-order valence-corrected chi connectivity index (χ4v) is 2.31. The van der Waals surface area contributed by atoms with Crippen molar-refractivity contribution in [1.82, 2.24) is 5.32 Å². The summed E-state index contributed by atoms with van der Waals surface area (Å²) in [6.45, 7) is 0.125. The van der Waals surface area contributed by atoms with Crippen molar-refractivity contribution in [2.45, 2.75) is 13.0 Å². The smallest absolute Gasteiger partial charge is 0.407 e. The summed E-state index contributed by atoms with van der Waals surface area (Å²) in [7, 11) is 1.55. The van der Waals surface area contributed by atoms with Crippen molar-refractivity contribution in [2.24, 2.45) is 5.92 Å². The number of carboxylic acid groups (broad SMARTS) is 1. The van der Waals surface area contributed by atoms with Crippen molar-refractivity contribution < 1.29 is 24.2 Å². The molecule has 0 bridgehead atoms. The molecule has 6 nitrogen and oxygen atoms in total. The van der Waals surface area contributed by atoms with E-state index in [2.05, 4.69) is 5.32 Å². The standard InChI is InChI=1S/C19H21NO5/c1-24-17-9-5-8-15(11-17)10-16(18(21)22)12-20-19(23)25-13-14-6-3-2-4-7-14/h2-9,11,16H,10,12-13H2,1H3,(H,20,23)(H,21,22). The maximum absolute atomic E-state index is 11.8. The SMILES string of the molecule is COc1cccc(CC(CNC(=O)OCc2ccccc2)C(=O)O)c1. The molecule has 0 fully saturated rings. The zero-order valence-corrected chi connectivity index (χ0v) is 14.0. The highest BCUT2D eigenvalue weighted by Crippen LogP contribution is 2.16. The minimum Gasteiger partial charge on any atom is -0.497 e. The van der Waals surface area contributed by atoms with Crippen LogP contribution in [0.1, 0.15) is 11.1 Å². The van der Waals surface area contributed by atoms with E-state index in [-0.39, 0.29) is 19.6 Å². The Balaban J connectivity index is 1.84. The van der Waals surface area contributed by atoms with E-state index in [1.165, 1.54) is 0 Å². The van der Waals surface area contributed by atoms with Gasteiger partial charge in [-0.3, -0.25) is 4.79 Å². The molecule has 0 saturated heterocycles. The zero-order chi connectivity index (χ0) is 18.1. The van der Waals surface area contributed by atoms with E-state index in [0.717, 1.165) is 11.1 Å². The van der Waals surface area contributed by atoms with Crippen LogP contribution in [-0.2, 0) is 22.6 Å². The van der Waals surface area contributed by atoms with E-state index < -0.39 is 18.0 Å². The van der Waals surface area contributed by atoms with Crippen LogP contribution in [0, 0.1) is 5.92 Å². The topological polar surface area (TPSA) is 84.9 Å². The number of hydrogen-bond acceptors (Lipinski definition) is 4. The molecule has 0 heterocycles. The molecule has 2 aromatic rings.